The summed E-state index contributed by atoms with van der Waals surface area (Å²) in [5.74, 6) is -0.251. The number of ether oxygens (including phenoxy) is 1. The van der Waals surface area contributed by atoms with Crippen LogP contribution < -0.4 is 10.4 Å². The van der Waals surface area contributed by atoms with Gasteiger partial charge in [-0.25, -0.2) is 4.79 Å². The number of fused-ring (bicyclic) bond motifs is 1. The summed E-state index contributed by atoms with van der Waals surface area (Å²) in [6.45, 7) is 3.86. The first-order chi connectivity index (χ1) is 11.6. The molecule has 0 aliphatic rings. The van der Waals surface area contributed by atoms with Crippen LogP contribution in [0.3, 0.4) is 0 Å². The summed E-state index contributed by atoms with van der Waals surface area (Å²) in [7, 11) is 0. The van der Waals surface area contributed by atoms with Gasteiger partial charge in [0.1, 0.15) is 11.5 Å². The first-order valence-corrected chi connectivity index (χ1v) is 7.87. The Kier molecular flexibility index (Phi) is 4.46. The van der Waals surface area contributed by atoms with E-state index in [4.69, 9.17) is 9.15 Å². The Balaban J connectivity index is 2.03. The van der Waals surface area contributed by atoms with Crippen molar-refractivity contribution in [1.29, 1.82) is 0 Å². The van der Waals surface area contributed by atoms with Crippen LogP contribution in [-0.2, 0) is 6.42 Å². The minimum atomic E-state index is -0.515. The van der Waals surface area contributed by atoms with Crippen LogP contribution in [0.15, 0.2) is 45.6 Å². The molecule has 6 nitrogen and oxygen atoms in total. The third-order valence-corrected chi connectivity index (χ3v) is 3.82. The van der Waals surface area contributed by atoms with E-state index >= 15 is 0 Å². The largest absolute Gasteiger partial charge is 0.493 e. The maximum Gasteiger partial charge on any atom is 0.337 e. The fourth-order valence-electron chi connectivity index (χ4n) is 2.62. The van der Waals surface area contributed by atoms with E-state index in [1.54, 1.807) is 0 Å². The van der Waals surface area contributed by atoms with Crippen LogP contribution in [0.4, 0.5) is 0 Å². The lowest BCUT2D eigenvalue weighted by atomic mass is 10.1. The second-order valence-electron chi connectivity index (χ2n) is 5.38. The van der Waals surface area contributed by atoms with Gasteiger partial charge in [0.25, 0.3) is 0 Å². The summed E-state index contributed by atoms with van der Waals surface area (Å²) in [5, 5.41) is 10.6. The third-order valence-electron chi connectivity index (χ3n) is 3.82. The molecular weight excluding hydrogens is 308 g/mol. The van der Waals surface area contributed by atoms with E-state index in [1.807, 2.05) is 44.2 Å². The number of hydrogen-bond acceptors (Lipinski definition) is 6. The molecule has 124 valence electrons. The van der Waals surface area contributed by atoms with Crippen molar-refractivity contribution in [2.24, 2.45) is 0 Å². The topological polar surface area (TPSA) is 85.5 Å². The van der Waals surface area contributed by atoms with Gasteiger partial charge in [0.15, 0.2) is 0 Å². The van der Waals surface area contributed by atoms with E-state index in [2.05, 4.69) is 9.97 Å². The highest BCUT2D eigenvalue weighted by molar-refractivity contribution is 5.82. The first-order valence-electron chi connectivity index (χ1n) is 7.87. The molecule has 0 aliphatic carbocycles. The summed E-state index contributed by atoms with van der Waals surface area (Å²) in [4.78, 5) is 19.8. The van der Waals surface area contributed by atoms with Gasteiger partial charge in [-0.15, -0.1) is 0 Å². The number of rotatable bonds is 5. The fraction of sp³-hybridized carbons (Fsp3) is 0.278. The van der Waals surface area contributed by atoms with Crippen LogP contribution in [0, 0.1) is 0 Å². The Morgan fingerprint density at radius 3 is 2.62 bits per heavy atom. The van der Waals surface area contributed by atoms with Gasteiger partial charge in [0.05, 0.1) is 0 Å². The molecule has 2 heterocycles. The van der Waals surface area contributed by atoms with E-state index in [9.17, 15) is 9.90 Å². The maximum absolute atomic E-state index is 11.6. The molecule has 0 saturated heterocycles. The predicted octanol–water partition coefficient (Wildman–Crippen LogP) is 3.38. The Morgan fingerprint density at radius 2 is 1.96 bits per heavy atom. The first kappa shape index (κ1) is 16.0. The smallest absolute Gasteiger partial charge is 0.337 e. The number of aryl methyl sites for hydroxylation is 1. The maximum atomic E-state index is 11.6. The van der Waals surface area contributed by atoms with Crippen LogP contribution in [-0.4, -0.2) is 15.1 Å². The minimum absolute atomic E-state index is 0.0212. The fourth-order valence-corrected chi connectivity index (χ4v) is 2.62. The highest BCUT2D eigenvalue weighted by Gasteiger charge is 2.18. The summed E-state index contributed by atoms with van der Waals surface area (Å²) < 4.78 is 10.9. The zero-order valence-corrected chi connectivity index (χ0v) is 13.5. The highest BCUT2D eigenvalue weighted by Crippen LogP contribution is 2.29. The molecule has 0 radical (unpaired) electrons. The lowest BCUT2D eigenvalue weighted by molar-refractivity contribution is 0.182. The van der Waals surface area contributed by atoms with Crippen molar-refractivity contribution in [1.82, 2.24) is 9.97 Å². The summed E-state index contributed by atoms with van der Waals surface area (Å²) in [5.41, 5.74) is 1.13. The normalized spacial score (nSPS) is 12.2. The number of aromatic nitrogens is 2. The van der Waals surface area contributed by atoms with Crippen molar-refractivity contribution in [2.75, 3.05) is 0 Å². The van der Waals surface area contributed by atoms with Crippen molar-refractivity contribution in [2.45, 2.75) is 32.8 Å². The van der Waals surface area contributed by atoms with Crippen LogP contribution in [0.5, 0.6) is 11.9 Å². The van der Waals surface area contributed by atoms with Crippen molar-refractivity contribution < 1.29 is 14.3 Å². The van der Waals surface area contributed by atoms with E-state index in [0.717, 1.165) is 5.56 Å². The van der Waals surface area contributed by atoms with Gasteiger partial charge in [-0.3, -0.25) is 0 Å². The van der Waals surface area contributed by atoms with Crippen LogP contribution in [0.25, 0.3) is 11.1 Å². The summed E-state index contributed by atoms with van der Waals surface area (Å²) >= 11 is 0. The molecule has 1 N–H and O–H groups in total. The number of nitrogens with zero attached hydrogens (tertiary/aromatic N) is 2. The molecule has 0 unspecified atom stereocenters. The van der Waals surface area contributed by atoms with E-state index < -0.39 is 5.63 Å². The summed E-state index contributed by atoms with van der Waals surface area (Å²) in [6, 6.07) is 11.0. The molecule has 0 spiro atoms. The number of aromatic hydroxyl groups is 1. The zero-order chi connectivity index (χ0) is 17.1. The number of benzene rings is 1. The quantitative estimate of drug-likeness (QED) is 0.773. The van der Waals surface area contributed by atoms with Gasteiger partial charge in [-0.2, -0.15) is 9.97 Å². The molecule has 0 bridgehead atoms. The lowest BCUT2D eigenvalue weighted by Crippen LogP contribution is -2.09. The molecule has 3 rings (SSSR count). The SMILES string of the molecule is CCc1cc(=O)oc2nc(O[C@H](CC)c3ccccc3)nc(O)c12. The molecule has 0 aliphatic heterocycles. The molecule has 2 aromatic heterocycles. The van der Waals surface area contributed by atoms with Crippen molar-refractivity contribution in [3.05, 3.63) is 57.9 Å². The van der Waals surface area contributed by atoms with E-state index in [1.165, 1.54) is 6.07 Å². The standard InChI is InChI=1S/C18H18N2O4/c1-3-11-10-14(21)24-17-15(11)16(22)19-18(20-17)23-13(4-2)12-8-6-5-7-9-12/h5-10,13H,3-4H2,1-2H3,(H,19,20,22)/t13-/m1/s1. The second kappa shape index (κ2) is 6.70. The molecule has 0 fully saturated rings. The molecule has 24 heavy (non-hydrogen) atoms. The van der Waals surface area contributed by atoms with Crippen molar-refractivity contribution in [3.63, 3.8) is 0 Å². The molecule has 1 atom stereocenters. The zero-order valence-electron chi connectivity index (χ0n) is 13.5. The third kappa shape index (κ3) is 3.08. The Bertz CT molecular complexity index is 906. The minimum Gasteiger partial charge on any atom is -0.493 e. The predicted molar refractivity (Wildman–Crippen MR) is 89.2 cm³/mol. The average Bonchev–Trinajstić information content (AvgIpc) is 2.59. The van der Waals surface area contributed by atoms with E-state index in [0.29, 0.717) is 23.8 Å². The van der Waals surface area contributed by atoms with Crippen molar-refractivity contribution >= 4 is 11.1 Å². The molecule has 0 amide bonds. The Labute approximate surface area is 138 Å². The number of hydrogen-bond donors (Lipinski definition) is 1. The van der Waals surface area contributed by atoms with E-state index in [-0.39, 0.29) is 23.7 Å². The molecule has 1 aromatic carbocycles. The van der Waals surface area contributed by atoms with Gasteiger partial charge in [0.2, 0.25) is 11.6 Å². The second-order valence-corrected chi connectivity index (χ2v) is 5.38. The molecule has 6 heteroatoms. The van der Waals surface area contributed by atoms with Gasteiger partial charge in [0, 0.05) is 6.07 Å². The van der Waals surface area contributed by atoms with Gasteiger partial charge in [-0.05, 0) is 24.0 Å². The highest BCUT2D eigenvalue weighted by atomic mass is 16.5. The van der Waals surface area contributed by atoms with Crippen LogP contribution in [0.1, 0.15) is 37.5 Å². The monoisotopic (exact) mass is 326 g/mol. The Hall–Kier alpha value is -2.89. The average molecular weight is 326 g/mol. The van der Waals surface area contributed by atoms with Gasteiger partial charge < -0.3 is 14.3 Å². The summed E-state index contributed by atoms with van der Waals surface area (Å²) in [6.07, 6.45) is 0.996. The lowest BCUT2D eigenvalue weighted by Gasteiger charge is -2.16. The van der Waals surface area contributed by atoms with Crippen LogP contribution in [0.2, 0.25) is 0 Å². The molecule has 3 aromatic rings. The van der Waals surface area contributed by atoms with Crippen LogP contribution >= 0.6 is 0 Å². The molecule has 0 saturated carbocycles. The van der Waals surface area contributed by atoms with Gasteiger partial charge >= 0.3 is 11.6 Å². The Morgan fingerprint density at radius 1 is 1.21 bits per heavy atom. The van der Waals surface area contributed by atoms with Crippen molar-refractivity contribution in [3.8, 4) is 11.9 Å². The molecular formula is C18H18N2O4. The van der Waals surface area contributed by atoms with Gasteiger partial charge in [-0.1, -0.05) is 44.2 Å².